The van der Waals surface area contributed by atoms with E-state index in [1.165, 1.54) is 11.3 Å². The van der Waals surface area contributed by atoms with Gasteiger partial charge in [0.15, 0.2) is 16.6 Å². The van der Waals surface area contributed by atoms with Crippen molar-refractivity contribution in [3.63, 3.8) is 0 Å². The Morgan fingerprint density at radius 1 is 1.03 bits per heavy atom. The number of hydrogen-bond acceptors (Lipinski definition) is 6. The summed E-state index contributed by atoms with van der Waals surface area (Å²) in [5.74, 6) is 0.477. The number of carbonyl (C=O) groups is 1. The molecular formula is C24H16N4O3S. The molecule has 1 aliphatic rings. The molecule has 7 nitrogen and oxygen atoms in total. The van der Waals surface area contributed by atoms with Gasteiger partial charge in [0.25, 0.3) is 5.91 Å². The van der Waals surface area contributed by atoms with E-state index in [0.29, 0.717) is 22.3 Å². The van der Waals surface area contributed by atoms with Crippen molar-refractivity contribution in [1.82, 2.24) is 14.8 Å². The molecule has 0 unspecified atom stereocenters. The van der Waals surface area contributed by atoms with Crippen LogP contribution in [0, 0.1) is 0 Å². The van der Waals surface area contributed by atoms with Crippen molar-refractivity contribution in [1.29, 1.82) is 0 Å². The van der Waals surface area contributed by atoms with Crippen molar-refractivity contribution in [2.24, 2.45) is 0 Å². The van der Waals surface area contributed by atoms with Gasteiger partial charge < -0.3 is 9.52 Å². The number of benzene rings is 2. The number of para-hydroxylation sites is 1. The first-order chi connectivity index (χ1) is 15.7. The molecule has 156 valence electrons. The molecule has 4 heterocycles. The van der Waals surface area contributed by atoms with Crippen LogP contribution in [0.2, 0.25) is 0 Å². The number of thiazole rings is 1. The number of aromatic nitrogens is 3. The molecule has 1 atom stereocenters. The molecule has 0 spiro atoms. The van der Waals surface area contributed by atoms with Crippen molar-refractivity contribution in [3.05, 3.63) is 101 Å². The lowest BCUT2D eigenvalue weighted by Gasteiger charge is -2.24. The Morgan fingerprint density at radius 2 is 1.91 bits per heavy atom. The fraction of sp³-hybridized carbons (Fsp3) is 0.0417. The first-order valence-electron chi connectivity index (χ1n) is 9.96. The van der Waals surface area contributed by atoms with Gasteiger partial charge in [0.05, 0.1) is 18.0 Å². The summed E-state index contributed by atoms with van der Waals surface area (Å²) in [5, 5.41) is 17.3. The van der Waals surface area contributed by atoms with Gasteiger partial charge >= 0.3 is 0 Å². The molecule has 8 heteroatoms. The first kappa shape index (κ1) is 18.6. The number of hydrogen-bond donors (Lipinski definition) is 1. The molecular weight excluding hydrogens is 424 g/mol. The summed E-state index contributed by atoms with van der Waals surface area (Å²) in [5.41, 5.74) is 3.32. The Kier molecular flexibility index (Phi) is 4.19. The maximum Gasteiger partial charge on any atom is 0.281 e. The largest absolute Gasteiger partial charge is 0.508 e. The van der Waals surface area contributed by atoms with Crippen molar-refractivity contribution >= 4 is 22.4 Å². The lowest BCUT2D eigenvalue weighted by atomic mass is 9.98. The monoisotopic (exact) mass is 440 g/mol. The third kappa shape index (κ3) is 2.77. The van der Waals surface area contributed by atoms with Crippen LogP contribution in [0.25, 0.3) is 17.1 Å². The number of fused-ring (bicyclic) bond motifs is 1. The molecule has 5 aromatic rings. The minimum Gasteiger partial charge on any atom is -0.508 e. The number of nitrogens with zero attached hydrogens (tertiary/aromatic N) is 4. The zero-order chi connectivity index (χ0) is 21.7. The smallest absolute Gasteiger partial charge is 0.281 e. The summed E-state index contributed by atoms with van der Waals surface area (Å²) < 4.78 is 7.53. The Bertz CT molecular complexity index is 1410. The molecule has 0 fully saturated rings. The van der Waals surface area contributed by atoms with Crippen LogP contribution in [0.4, 0.5) is 5.13 Å². The SMILES string of the molecule is O=C1c2nn(-c3ccccc3)c(-c3ccco3)c2[C@H](c2cccc(O)c2)N1c1nccs1. The first-order valence-corrected chi connectivity index (χ1v) is 10.8. The predicted molar refractivity (Wildman–Crippen MR) is 120 cm³/mol. The summed E-state index contributed by atoms with van der Waals surface area (Å²) in [6.07, 6.45) is 3.27. The molecule has 0 aliphatic carbocycles. The number of carbonyl (C=O) groups excluding carboxylic acids is 1. The highest BCUT2D eigenvalue weighted by atomic mass is 32.1. The van der Waals surface area contributed by atoms with E-state index in [-0.39, 0.29) is 11.7 Å². The summed E-state index contributed by atoms with van der Waals surface area (Å²) in [6.45, 7) is 0. The highest BCUT2D eigenvalue weighted by Gasteiger charge is 2.46. The van der Waals surface area contributed by atoms with Crippen LogP contribution in [0.15, 0.2) is 89.0 Å². The number of furan rings is 1. The second kappa shape index (κ2) is 7.21. The van der Waals surface area contributed by atoms with Gasteiger partial charge in [0.2, 0.25) is 0 Å². The maximum absolute atomic E-state index is 13.7. The zero-order valence-electron chi connectivity index (χ0n) is 16.6. The summed E-state index contributed by atoms with van der Waals surface area (Å²) >= 11 is 1.38. The number of phenols is 1. The van der Waals surface area contributed by atoms with Crippen molar-refractivity contribution < 1.29 is 14.3 Å². The number of anilines is 1. The van der Waals surface area contributed by atoms with E-state index in [2.05, 4.69) is 4.98 Å². The fourth-order valence-corrected chi connectivity index (χ4v) is 4.82. The van der Waals surface area contributed by atoms with Crippen LogP contribution < -0.4 is 4.90 Å². The van der Waals surface area contributed by atoms with Gasteiger partial charge in [-0.1, -0.05) is 30.3 Å². The Morgan fingerprint density at radius 3 is 2.62 bits per heavy atom. The quantitative estimate of drug-likeness (QED) is 0.423. The third-order valence-electron chi connectivity index (χ3n) is 5.44. The molecule has 0 radical (unpaired) electrons. The maximum atomic E-state index is 13.7. The van der Waals surface area contributed by atoms with E-state index in [9.17, 15) is 9.90 Å². The molecule has 1 amide bonds. The zero-order valence-corrected chi connectivity index (χ0v) is 17.4. The highest BCUT2D eigenvalue weighted by molar-refractivity contribution is 7.13. The summed E-state index contributed by atoms with van der Waals surface area (Å²) in [4.78, 5) is 19.7. The Labute approximate surface area is 186 Å². The number of rotatable bonds is 4. The second-order valence-corrected chi connectivity index (χ2v) is 8.20. The van der Waals surface area contributed by atoms with Gasteiger partial charge in [-0.05, 0) is 42.0 Å². The fourth-order valence-electron chi connectivity index (χ4n) is 4.16. The molecule has 0 saturated carbocycles. The molecule has 6 rings (SSSR count). The van der Waals surface area contributed by atoms with Crippen molar-refractivity contribution in [2.45, 2.75) is 6.04 Å². The van der Waals surface area contributed by atoms with Gasteiger partial charge in [-0.3, -0.25) is 9.69 Å². The summed E-state index contributed by atoms with van der Waals surface area (Å²) in [6, 6.07) is 19.7. The average molecular weight is 440 g/mol. The number of amides is 1. The summed E-state index contributed by atoms with van der Waals surface area (Å²) in [7, 11) is 0. The van der Waals surface area contributed by atoms with Crippen LogP contribution in [-0.4, -0.2) is 25.8 Å². The topological polar surface area (TPSA) is 84.4 Å². The molecule has 1 aliphatic heterocycles. The van der Waals surface area contributed by atoms with Gasteiger partial charge in [0, 0.05) is 17.1 Å². The van der Waals surface area contributed by atoms with Crippen LogP contribution in [0.1, 0.15) is 27.7 Å². The van der Waals surface area contributed by atoms with Gasteiger partial charge in [0.1, 0.15) is 11.4 Å². The predicted octanol–water partition coefficient (Wildman–Crippen LogP) is 5.04. The van der Waals surface area contributed by atoms with Gasteiger partial charge in [-0.15, -0.1) is 11.3 Å². The third-order valence-corrected chi connectivity index (χ3v) is 6.21. The van der Waals surface area contributed by atoms with E-state index in [4.69, 9.17) is 9.52 Å². The minimum atomic E-state index is -0.520. The Balaban J connectivity index is 1.66. The van der Waals surface area contributed by atoms with Gasteiger partial charge in [-0.25, -0.2) is 9.67 Å². The van der Waals surface area contributed by atoms with Crippen LogP contribution in [0.5, 0.6) is 5.75 Å². The lowest BCUT2D eigenvalue weighted by molar-refractivity contribution is 0.0988. The van der Waals surface area contributed by atoms with Crippen LogP contribution in [0.3, 0.4) is 0 Å². The molecule has 0 bridgehead atoms. The highest BCUT2D eigenvalue weighted by Crippen LogP contribution is 2.47. The van der Waals surface area contributed by atoms with Crippen molar-refractivity contribution in [3.8, 4) is 22.9 Å². The van der Waals surface area contributed by atoms with E-state index in [1.807, 2.05) is 53.9 Å². The standard InChI is InChI=1S/C24H16N4O3S/c29-17-9-4-6-15(14-17)21-19-20(23(30)27(21)24-25-11-13-32-24)26-28(16-7-2-1-3-8-16)22(19)18-10-5-12-31-18/h1-14,21,29H/t21-/m0/s1. The molecule has 0 saturated heterocycles. The Hall–Kier alpha value is -4.17. The average Bonchev–Trinajstić information content (AvgIpc) is 3.60. The normalized spacial score (nSPS) is 15.3. The molecule has 1 N–H and O–H groups in total. The molecule has 3 aromatic heterocycles. The van der Waals surface area contributed by atoms with E-state index >= 15 is 0 Å². The van der Waals surface area contributed by atoms with Gasteiger partial charge in [-0.2, -0.15) is 5.10 Å². The van der Waals surface area contributed by atoms with Crippen molar-refractivity contribution in [2.75, 3.05) is 4.90 Å². The molecule has 2 aromatic carbocycles. The number of phenolic OH excluding ortho intramolecular Hbond substituents is 1. The van der Waals surface area contributed by atoms with Crippen LogP contribution in [-0.2, 0) is 0 Å². The van der Waals surface area contributed by atoms with Crippen LogP contribution >= 0.6 is 11.3 Å². The number of aromatic hydroxyl groups is 1. The van der Waals surface area contributed by atoms with E-state index in [0.717, 1.165) is 16.8 Å². The van der Waals surface area contributed by atoms with E-state index in [1.54, 1.807) is 40.2 Å². The minimum absolute atomic E-state index is 0.123. The van der Waals surface area contributed by atoms with E-state index < -0.39 is 6.04 Å². The second-order valence-electron chi connectivity index (χ2n) is 7.32. The lowest BCUT2D eigenvalue weighted by Crippen LogP contribution is -2.29. The molecule has 32 heavy (non-hydrogen) atoms.